The van der Waals surface area contributed by atoms with Crippen LogP contribution < -0.4 is 5.32 Å². The summed E-state index contributed by atoms with van der Waals surface area (Å²) in [5, 5.41) is 5.44. The Morgan fingerprint density at radius 2 is 1.65 bits per heavy atom. The summed E-state index contributed by atoms with van der Waals surface area (Å²) in [7, 11) is 1.94. The number of aromatic nitrogens is 1. The number of rotatable bonds is 2. The van der Waals surface area contributed by atoms with Crippen LogP contribution >= 0.6 is 11.3 Å². The van der Waals surface area contributed by atoms with Gasteiger partial charge in [0.1, 0.15) is 10.0 Å². The molecule has 1 aromatic heterocycles. The van der Waals surface area contributed by atoms with Crippen molar-refractivity contribution in [1.82, 2.24) is 4.98 Å². The van der Waals surface area contributed by atoms with Gasteiger partial charge in [0.2, 0.25) is 0 Å². The second kappa shape index (κ2) is 4.49. The van der Waals surface area contributed by atoms with Crippen molar-refractivity contribution in [2.75, 3.05) is 12.4 Å². The highest BCUT2D eigenvalue weighted by Gasteiger charge is 2.11. The topological polar surface area (TPSA) is 24.9 Å². The maximum atomic E-state index is 4.64. The molecule has 2 aromatic rings. The molecule has 1 N–H and O–H groups in total. The van der Waals surface area contributed by atoms with Gasteiger partial charge in [0.15, 0.2) is 0 Å². The molecule has 0 atom stereocenters. The fourth-order valence-electron chi connectivity index (χ4n) is 1.93. The molecule has 0 aliphatic rings. The fourth-order valence-corrected chi connectivity index (χ4v) is 2.94. The minimum Gasteiger partial charge on any atom is -0.378 e. The summed E-state index contributed by atoms with van der Waals surface area (Å²) >= 11 is 1.72. The molecule has 90 valence electrons. The second-order valence-electron chi connectivity index (χ2n) is 4.43. The third-order valence-corrected chi connectivity index (χ3v) is 4.30. The predicted octanol–water partition coefficient (Wildman–Crippen LogP) is 4.09. The Balaban J connectivity index is 2.56. The number of benzene rings is 1. The van der Waals surface area contributed by atoms with Gasteiger partial charge in [-0.2, -0.15) is 0 Å². The largest absolute Gasteiger partial charge is 0.378 e. The lowest BCUT2D eigenvalue weighted by Crippen LogP contribution is -1.88. The summed E-state index contributed by atoms with van der Waals surface area (Å²) in [4.78, 5) is 4.64. The van der Waals surface area contributed by atoms with Crippen LogP contribution in [0.4, 0.5) is 5.00 Å². The summed E-state index contributed by atoms with van der Waals surface area (Å²) in [6.45, 7) is 8.50. The van der Waals surface area contributed by atoms with Crippen LogP contribution in [0.25, 0.3) is 10.6 Å². The third kappa shape index (κ3) is 2.20. The maximum absolute atomic E-state index is 4.64. The molecule has 0 radical (unpaired) electrons. The highest BCUT2D eigenvalue weighted by Crippen LogP contribution is 2.34. The standard InChI is InChI=1S/C14H18N2S/c1-8-6-10(3)12(7-9(8)2)14-16-11(4)13(15-5)17-14/h6-7,15H,1-5H3. The van der Waals surface area contributed by atoms with Crippen LogP contribution in [0.15, 0.2) is 12.1 Å². The fraction of sp³-hybridized carbons (Fsp3) is 0.357. The number of hydrogen-bond acceptors (Lipinski definition) is 3. The van der Waals surface area contributed by atoms with Crippen LogP contribution in [0, 0.1) is 27.7 Å². The van der Waals surface area contributed by atoms with Crippen molar-refractivity contribution in [2.24, 2.45) is 0 Å². The number of nitrogens with one attached hydrogen (secondary N) is 1. The van der Waals surface area contributed by atoms with Crippen molar-refractivity contribution in [3.05, 3.63) is 34.5 Å². The smallest absolute Gasteiger partial charge is 0.125 e. The zero-order valence-electron chi connectivity index (χ0n) is 11.0. The van der Waals surface area contributed by atoms with Gasteiger partial charge >= 0.3 is 0 Å². The van der Waals surface area contributed by atoms with E-state index in [2.05, 4.69) is 43.2 Å². The van der Waals surface area contributed by atoms with E-state index in [9.17, 15) is 0 Å². The quantitative estimate of drug-likeness (QED) is 0.863. The Kier molecular flexibility index (Phi) is 3.20. The third-order valence-electron chi connectivity index (χ3n) is 3.09. The molecule has 0 fully saturated rings. The summed E-state index contributed by atoms with van der Waals surface area (Å²) in [5.74, 6) is 0. The van der Waals surface area contributed by atoms with Gasteiger partial charge in [-0.1, -0.05) is 17.4 Å². The molecule has 0 unspecified atom stereocenters. The van der Waals surface area contributed by atoms with Crippen molar-refractivity contribution < 1.29 is 0 Å². The summed E-state index contributed by atoms with van der Waals surface area (Å²) in [5.41, 5.74) is 6.29. The van der Waals surface area contributed by atoms with E-state index in [4.69, 9.17) is 0 Å². The lowest BCUT2D eigenvalue weighted by Gasteiger charge is -2.07. The van der Waals surface area contributed by atoms with Crippen LogP contribution in [0.1, 0.15) is 22.4 Å². The number of aryl methyl sites for hydroxylation is 4. The summed E-state index contributed by atoms with van der Waals surface area (Å²) < 4.78 is 0. The first kappa shape index (κ1) is 12.1. The van der Waals surface area contributed by atoms with Gasteiger partial charge < -0.3 is 5.32 Å². The van der Waals surface area contributed by atoms with Crippen molar-refractivity contribution in [2.45, 2.75) is 27.7 Å². The molecule has 0 aliphatic heterocycles. The first-order valence-corrected chi connectivity index (χ1v) is 6.58. The van der Waals surface area contributed by atoms with E-state index in [1.165, 1.54) is 22.3 Å². The van der Waals surface area contributed by atoms with Gasteiger partial charge in [-0.05, 0) is 50.5 Å². The molecule has 3 heteroatoms. The second-order valence-corrected chi connectivity index (χ2v) is 5.43. The maximum Gasteiger partial charge on any atom is 0.125 e. The molecular formula is C14H18N2S. The number of nitrogens with zero attached hydrogens (tertiary/aromatic N) is 1. The van der Waals surface area contributed by atoms with Crippen LogP contribution in [0.3, 0.4) is 0 Å². The molecule has 1 aromatic carbocycles. The molecule has 0 saturated heterocycles. The zero-order chi connectivity index (χ0) is 12.6. The van der Waals surface area contributed by atoms with E-state index < -0.39 is 0 Å². The minimum absolute atomic E-state index is 1.07. The Morgan fingerprint density at radius 3 is 2.24 bits per heavy atom. The number of hydrogen-bond donors (Lipinski definition) is 1. The lowest BCUT2D eigenvalue weighted by molar-refractivity contribution is 1.24. The van der Waals surface area contributed by atoms with E-state index in [0.717, 1.165) is 15.7 Å². The molecule has 0 spiro atoms. The van der Waals surface area contributed by atoms with Crippen LogP contribution in [-0.2, 0) is 0 Å². The Morgan fingerprint density at radius 1 is 1.00 bits per heavy atom. The zero-order valence-corrected chi connectivity index (χ0v) is 11.8. The van der Waals surface area contributed by atoms with E-state index in [0.29, 0.717) is 0 Å². The highest BCUT2D eigenvalue weighted by molar-refractivity contribution is 7.19. The van der Waals surface area contributed by atoms with E-state index in [-0.39, 0.29) is 0 Å². The molecule has 0 bridgehead atoms. The average molecular weight is 246 g/mol. The van der Waals surface area contributed by atoms with Gasteiger partial charge in [-0.25, -0.2) is 4.98 Å². The first-order valence-electron chi connectivity index (χ1n) is 5.76. The molecule has 2 rings (SSSR count). The molecule has 0 saturated carbocycles. The molecule has 2 nitrogen and oxygen atoms in total. The van der Waals surface area contributed by atoms with Crippen molar-refractivity contribution >= 4 is 16.3 Å². The Bertz CT molecular complexity index is 556. The monoisotopic (exact) mass is 246 g/mol. The van der Waals surface area contributed by atoms with Gasteiger partial charge in [0.05, 0.1) is 5.69 Å². The van der Waals surface area contributed by atoms with E-state index in [1.54, 1.807) is 11.3 Å². The van der Waals surface area contributed by atoms with E-state index in [1.807, 2.05) is 14.0 Å². The van der Waals surface area contributed by atoms with Crippen molar-refractivity contribution in [3.8, 4) is 10.6 Å². The molecule has 0 aliphatic carbocycles. The van der Waals surface area contributed by atoms with Crippen LogP contribution in [0.2, 0.25) is 0 Å². The summed E-state index contributed by atoms with van der Waals surface area (Å²) in [6.07, 6.45) is 0. The lowest BCUT2D eigenvalue weighted by atomic mass is 10.0. The van der Waals surface area contributed by atoms with Crippen LogP contribution in [0.5, 0.6) is 0 Å². The van der Waals surface area contributed by atoms with Crippen molar-refractivity contribution in [3.63, 3.8) is 0 Å². The van der Waals surface area contributed by atoms with Gasteiger partial charge in [-0.15, -0.1) is 0 Å². The average Bonchev–Trinajstić information content (AvgIpc) is 2.65. The van der Waals surface area contributed by atoms with Crippen LogP contribution in [-0.4, -0.2) is 12.0 Å². The SMILES string of the molecule is CNc1sc(-c2cc(C)c(C)cc2C)nc1C. The minimum atomic E-state index is 1.07. The summed E-state index contributed by atoms with van der Waals surface area (Å²) in [6, 6.07) is 4.48. The Labute approximate surface area is 107 Å². The Hall–Kier alpha value is -1.35. The van der Waals surface area contributed by atoms with Gasteiger partial charge in [0, 0.05) is 12.6 Å². The van der Waals surface area contributed by atoms with E-state index >= 15 is 0 Å². The number of thiazole rings is 1. The molecule has 1 heterocycles. The highest BCUT2D eigenvalue weighted by atomic mass is 32.1. The first-order chi connectivity index (χ1) is 8.02. The molecule has 17 heavy (non-hydrogen) atoms. The molecule has 0 amide bonds. The number of anilines is 1. The van der Waals surface area contributed by atoms with Crippen molar-refractivity contribution in [1.29, 1.82) is 0 Å². The van der Waals surface area contributed by atoms with Gasteiger partial charge in [-0.3, -0.25) is 0 Å². The normalized spacial score (nSPS) is 10.6. The van der Waals surface area contributed by atoms with Gasteiger partial charge in [0.25, 0.3) is 0 Å². The molecular weight excluding hydrogens is 228 g/mol. The predicted molar refractivity (Wildman–Crippen MR) is 76.0 cm³/mol.